The number of nitrogens with one attached hydrogen (secondary N) is 3. The van der Waals surface area contributed by atoms with Crippen LogP contribution in [0.1, 0.15) is 34.3 Å². The maximum Gasteiger partial charge on any atom is 0.255 e. The molecule has 1 aliphatic carbocycles. The second kappa shape index (κ2) is 9.31. The topological polar surface area (TPSA) is 121 Å². The largest absolute Gasteiger partial charge is 0.322 e. The van der Waals surface area contributed by atoms with Crippen molar-refractivity contribution in [1.29, 1.82) is 0 Å². The van der Waals surface area contributed by atoms with Gasteiger partial charge < -0.3 is 5.32 Å². The van der Waals surface area contributed by atoms with Crippen molar-refractivity contribution >= 4 is 31.6 Å². The number of aryl methyl sites for hydroxylation is 1. The van der Waals surface area contributed by atoms with Gasteiger partial charge in [0.05, 0.1) is 10.6 Å². The Labute approximate surface area is 182 Å². The molecule has 3 N–H and O–H groups in total. The van der Waals surface area contributed by atoms with Crippen molar-refractivity contribution in [3.63, 3.8) is 0 Å². The van der Waals surface area contributed by atoms with E-state index in [2.05, 4.69) is 21.3 Å². The minimum absolute atomic E-state index is 0.0297. The molecule has 0 aromatic heterocycles. The van der Waals surface area contributed by atoms with E-state index >= 15 is 0 Å². The third-order valence-electron chi connectivity index (χ3n) is 4.68. The lowest BCUT2D eigenvalue weighted by atomic mass is 10.1. The van der Waals surface area contributed by atoms with E-state index in [9.17, 15) is 21.6 Å². The summed E-state index contributed by atoms with van der Waals surface area (Å²) in [5, 5.41) is 2.72. The minimum Gasteiger partial charge on any atom is -0.322 e. The van der Waals surface area contributed by atoms with Crippen molar-refractivity contribution in [3.05, 3.63) is 71.8 Å². The van der Waals surface area contributed by atoms with Crippen LogP contribution < -0.4 is 14.8 Å². The zero-order valence-electron chi connectivity index (χ0n) is 17.1. The molecule has 0 saturated heterocycles. The van der Waals surface area contributed by atoms with Gasteiger partial charge in [-0.25, -0.2) is 26.3 Å². The van der Waals surface area contributed by atoms with Gasteiger partial charge in [0, 0.05) is 23.8 Å². The molecule has 1 saturated carbocycles. The van der Waals surface area contributed by atoms with Crippen LogP contribution >= 0.6 is 0 Å². The van der Waals surface area contributed by atoms with Gasteiger partial charge >= 0.3 is 0 Å². The average Bonchev–Trinajstić information content (AvgIpc) is 3.51. The van der Waals surface area contributed by atoms with Gasteiger partial charge in [-0.1, -0.05) is 24.3 Å². The van der Waals surface area contributed by atoms with Gasteiger partial charge in [0.25, 0.3) is 5.91 Å². The number of amides is 1. The van der Waals surface area contributed by atoms with Crippen molar-refractivity contribution in [3.8, 4) is 0 Å². The van der Waals surface area contributed by atoms with E-state index in [0.29, 0.717) is 16.8 Å². The predicted molar refractivity (Wildman–Crippen MR) is 120 cm³/mol. The summed E-state index contributed by atoms with van der Waals surface area (Å²) in [6.45, 7) is 5.35. The number of sulfonamides is 2. The Morgan fingerprint density at radius 3 is 2.39 bits per heavy atom. The minimum atomic E-state index is -3.67. The number of rotatable bonds is 10. The summed E-state index contributed by atoms with van der Waals surface area (Å²) >= 11 is 0. The van der Waals surface area contributed by atoms with Crippen molar-refractivity contribution in [2.75, 3.05) is 11.9 Å². The molecule has 8 nitrogen and oxygen atoms in total. The number of anilines is 1. The fourth-order valence-corrected chi connectivity index (χ4v) is 5.28. The van der Waals surface area contributed by atoms with E-state index in [4.69, 9.17) is 0 Å². The molecule has 0 atom stereocenters. The summed E-state index contributed by atoms with van der Waals surface area (Å²) in [7, 11) is -7.15. The highest BCUT2D eigenvalue weighted by molar-refractivity contribution is 7.89. The van der Waals surface area contributed by atoms with Crippen LogP contribution in [0, 0.1) is 6.92 Å². The number of benzene rings is 2. The molecule has 31 heavy (non-hydrogen) atoms. The second-order valence-electron chi connectivity index (χ2n) is 7.42. The first-order valence-corrected chi connectivity index (χ1v) is 12.8. The van der Waals surface area contributed by atoms with Crippen LogP contribution in [0.15, 0.2) is 60.0 Å². The van der Waals surface area contributed by atoms with E-state index in [1.54, 1.807) is 37.3 Å². The molecule has 0 heterocycles. The lowest BCUT2D eigenvalue weighted by Gasteiger charge is -2.11. The molecule has 3 rings (SSSR count). The summed E-state index contributed by atoms with van der Waals surface area (Å²) in [6.07, 6.45) is 3.10. The van der Waals surface area contributed by atoms with Crippen molar-refractivity contribution in [2.24, 2.45) is 0 Å². The van der Waals surface area contributed by atoms with Crippen LogP contribution in [-0.4, -0.2) is 35.3 Å². The van der Waals surface area contributed by atoms with Gasteiger partial charge in [0.1, 0.15) is 0 Å². The first kappa shape index (κ1) is 23.1. The Hall–Kier alpha value is -2.53. The second-order valence-corrected chi connectivity index (χ2v) is 10.9. The molecule has 2 aromatic rings. The molecule has 1 amide bonds. The summed E-state index contributed by atoms with van der Waals surface area (Å²) in [4.78, 5) is 12.8. The molecule has 1 aliphatic rings. The molecular weight excluding hydrogens is 438 g/mol. The first-order valence-electron chi connectivity index (χ1n) is 9.71. The van der Waals surface area contributed by atoms with E-state index < -0.39 is 26.0 Å². The lowest BCUT2D eigenvalue weighted by Crippen LogP contribution is -2.26. The monoisotopic (exact) mass is 463 g/mol. The third kappa shape index (κ3) is 6.47. The average molecular weight is 464 g/mol. The molecule has 0 bridgehead atoms. The van der Waals surface area contributed by atoms with Crippen molar-refractivity contribution in [2.45, 2.75) is 36.5 Å². The van der Waals surface area contributed by atoms with Crippen LogP contribution in [0.2, 0.25) is 0 Å². The Balaban J connectivity index is 1.71. The lowest BCUT2D eigenvalue weighted by molar-refractivity contribution is 0.102. The maximum atomic E-state index is 12.7. The van der Waals surface area contributed by atoms with Crippen LogP contribution in [0.5, 0.6) is 0 Å². The van der Waals surface area contributed by atoms with Gasteiger partial charge in [0.2, 0.25) is 20.0 Å². The summed E-state index contributed by atoms with van der Waals surface area (Å²) in [5.74, 6) is -0.642. The summed E-state index contributed by atoms with van der Waals surface area (Å²) in [6, 6.07) is 10.8. The molecule has 166 valence electrons. The molecule has 2 aromatic carbocycles. The standard InChI is InChI=1S/C21H25N3O5S2/c1-3-12-22-30(26,27)14-16-5-7-17(8-6-16)23-21(25)20-13-19(11-4-15(20)2)31(28,29)24-18-9-10-18/h3-8,11,13,18,22,24H,1,9-10,12,14H2,2H3,(H,23,25). The fourth-order valence-electron chi connectivity index (χ4n) is 2.84. The van der Waals surface area contributed by atoms with E-state index in [0.717, 1.165) is 12.8 Å². The maximum absolute atomic E-state index is 12.7. The zero-order valence-corrected chi connectivity index (χ0v) is 18.7. The van der Waals surface area contributed by atoms with Gasteiger partial charge in [0.15, 0.2) is 0 Å². The smallest absolute Gasteiger partial charge is 0.255 e. The Morgan fingerprint density at radius 2 is 1.77 bits per heavy atom. The van der Waals surface area contributed by atoms with Crippen LogP contribution in [0.4, 0.5) is 5.69 Å². The third-order valence-corrected chi connectivity index (χ3v) is 7.52. The molecule has 10 heteroatoms. The SMILES string of the molecule is C=CCNS(=O)(=O)Cc1ccc(NC(=O)c2cc(S(=O)(=O)NC3CC3)ccc2C)cc1. The molecule has 0 radical (unpaired) electrons. The van der Waals surface area contributed by atoms with Crippen molar-refractivity contribution < 1.29 is 21.6 Å². The van der Waals surface area contributed by atoms with Crippen LogP contribution in [0.25, 0.3) is 0 Å². The molecule has 0 spiro atoms. The quantitative estimate of drug-likeness (QED) is 0.467. The molecule has 1 fully saturated rings. The summed E-state index contributed by atoms with van der Waals surface area (Å²) in [5.41, 5.74) is 1.91. The normalized spacial score (nSPS) is 14.2. The van der Waals surface area contributed by atoms with Gasteiger partial charge in [-0.05, 0) is 55.2 Å². The zero-order chi connectivity index (χ0) is 22.6. The van der Waals surface area contributed by atoms with Crippen molar-refractivity contribution in [1.82, 2.24) is 9.44 Å². The fraction of sp³-hybridized carbons (Fsp3) is 0.286. The van der Waals surface area contributed by atoms with E-state index in [1.807, 2.05) is 0 Å². The molecule has 0 unspecified atom stereocenters. The highest BCUT2D eigenvalue weighted by Gasteiger charge is 2.28. The number of carbonyl (C=O) groups excluding carboxylic acids is 1. The van der Waals surface area contributed by atoms with E-state index in [1.165, 1.54) is 18.2 Å². The highest BCUT2D eigenvalue weighted by Crippen LogP contribution is 2.24. The summed E-state index contributed by atoms with van der Waals surface area (Å²) < 4.78 is 53.8. The number of hydrogen-bond acceptors (Lipinski definition) is 5. The Morgan fingerprint density at radius 1 is 1.10 bits per heavy atom. The number of hydrogen-bond donors (Lipinski definition) is 3. The number of carbonyl (C=O) groups is 1. The van der Waals surface area contributed by atoms with Crippen LogP contribution in [-0.2, 0) is 25.8 Å². The Bertz CT molecular complexity index is 1190. The van der Waals surface area contributed by atoms with Gasteiger partial charge in [-0.15, -0.1) is 6.58 Å². The van der Waals surface area contributed by atoms with Crippen LogP contribution in [0.3, 0.4) is 0 Å². The predicted octanol–water partition coefficient (Wildman–Crippen LogP) is 2.29. The van der Waals surface area contributed by atoms with Gasteiger partial charge in [-0.3, -0.25) is 4.79 Å². The highest BCUT2D eigenvalue weighted by atomic mass is 32.2. The first-order chi connectivity index (χ1) is 14.6. The molecule has 0 aliphatic heterocycles. The molecular formula is C21H25N3O5S2. The van der Waals surface area contributed by atoms with Gasteiger partial charge in [-0.2, -0.15) is 0 Å². The Kier molecular flexibility index (Phi) is 6.95. The van der Waals surface area contributed by atoms with E-state index in [-0.39, 0.29) is 28.8 Å².